The summed E-state index contributed by atoms with van der Waals surface area (Å²) in [6, 6.07) is 0. The average molecular weight is 258 g/mol. The van der Waals surface area contributed by atoms with Gasteiger partial charge in [-0.3, -0.25) is 0 Å². The Balaban J connectivity index is 1.75. The predicted octanol–water partition coefficient (Wildman–Crippen LogP) is 4.78. The van der Waals surface area contributed by atoms with Gasteiger partial charge in [0.15, 0.2) is 0 Å². The van der Waals surface area contributed by atoms with E-state index >= 15 is 0 Å². The Morgan fingerprint density at radius 2 is 1.83 bits per heavy atom. The van der Waals surface area contributed by atoms with Crippen molar-refractivity contribution in [3.8, 4) is 0 Å². The fourth-order valence-corrected chi connectivity index (χ4v) is 3.25. The molecule has 2 aliphatic rings. The van der Waals surface area contributed by atoms with Crippen LogP contribution in [0.25, 0.3) is 0 Å². The summed E-state index contributed by atoms with van der Waals surface area (Å²) in [5, 5.41) is 0. The van der Waals surface area contributed by atoms with Crippen molar-refractivity contribution in [1.29, 1.82) is 0 Å². The van der Waals surface area contributed by atoms with Crippen molar-refractivity contribution in [3.05, 3.63) is 12.2 Å². The van der Waals surface area contributed by atoms with Gasteiger partial charge in [-0.1, -0.05) is 19.1 Å². The maximum atomic E-state index is 12.9. The van der Waals surface area contributed by atoms with Crippen LogP contribution in [-0.4, -0.2) is 12.7 Å². The smallest absolute Gasteiger partial charge is 0.320 e. The lowest BCUT2D eigenvalue weighted by Gasteiger charge is -2.37. The maximum Gasteiger partial charge on any atom is 0.355 e. The number of allylic oxidation sites excluding steroid dienone is 2. The molecule has 3 heteroatoms. The topological polar surface area (TPSA) is 9.23 Å². The van der Waals surface area contributed by atoms with Gasteiger partial charge in [-0.25, -0.2) is 0 Å². The summed E-state index contributed by atoms with van der Waals surface area (Å²) in [4.78, 5) is 0. The van der Waals surface area contributed by atoms with Crippen molar-refractivity contribution in [2.75, 3.05) is 6.61 Å². The van der Waals surface area contributed by atoms with E-state index in [1.807, 2.05) is 0 Å². The summed E-state index contributed by atoms with van der Waals surface area (Å²) in [6.07, 6.45) is 8.15. The summed E-state index contributed by atoms with van der Waals surface area (Å²) < 4.78 is 30.5. The Morgan fingerprint density at radius 3 is 2.39 bits per heavy atom. The molecule has 1 heterocycles. The number of ether oxygens (including phenoxy) is 1. The lowest BCUT2D eigenvalue weighted by atomic mass is 9.74. The molecule has 0 amide bonds. The minimum absolute atomic E-state index is 0.0899. The van der Waals surface area contributed by atoms with Crippen LogP contribution in [0.1, 0.15) is 51.9 Å². The number of rotatable bonds is 3. The molecule has 0 N–H and O–H groups in total. The van der Waals surface area contributed by atoms with Crippen LogP contribution in [0.4, 0.5) is 8.78 Å². The highest BCUT2D eigenvalue weighted by molar-refractivity contribution is 4.91. The summed E-state index contributed by atoms with van der Waals surface area (Å²) in [6.45, 7) is 2.41. The van der Waals surface area contributed by atoms with E-state index in [0.29, 0.717) is 24.2 Å². The van der Waals surface area contributed by atoms with Gasteiger partial charge in [0.25, 0.3) is 0 Å². The molecule has 2 fully saturated rings. The van der Waals surface area contributed by atoms with Crippen LogP contribution in [0.2, 0.25) is 0 Å². The number of halogens is 2. The lowest BCUT2D eigenvalue weighted by molar-refractivity contribution is -0.272. The van der Waals surface area contributed by atoms with Crippen LogP contribution in [0.15, 0.2) is 12.2 Å². The molecular formula is C15H24F2O. The predicted molar refractivity (Wildman–Crippen MR) is 68.5 cm³/mol. The van der Waals surface area contributed by atoms with Crippen LogP contribution in [-0.2, 0) is 4.74 Å². The van der Waals surface area contributed by atoms with E-state index in [9.17, 15) is 8.78 Å². The van der Waals surface area contributed by atoms with Crippen molar-refractivity contribution in [1.82, 2.24) is 0 Å². The zero-order valence-corrected chi connectivity index (χ0v) is 11.2. The molecule has 1 nitrogen and oxygen atoms in total. The molecule has 0 bridgehead atoms. The van der Waals surface area contributed by atoms with E-state index in [1.54, 1.807) is 0 Å². The molecule has 2 rings (SSSR count). The maximum absolute atomic E-state index is 12.9. The first kappa shape index (κ1) is 14.0. The van der Waals surface area contributed by atoms with Gasteiger partial charge in [0.05, 0.1) is 6.61 Å². The van der Waals surface area contributed by atoms with Gasteiger partial charge in [0, 0.05) is 6.42 Å². The fraction of sp³-hybridized carbons (Fsp3) is 0.867. The third-order valence-electron chi connectivity index (χ3n) is 4.44. The number of hydrogen-bond donors (Lipinski definition) is 0. The van der Waals surface area contributed by atoms with E-state index < -0.39 is 6.11 Å². The number of hydrogen-bond acceptors (Lipinski definition) is 1. The highest BCUT2D eigenvalue weighted by Gasteiger charge is 2.39. The Bertz CT molecular complexity index is 270. The highest BCUT2D eigenvalue weighted by atomic mass is 19.3. The second-order valence-corrected chi connectivity index (χ2v) is 5.76. The van der Waals surface area contributed by atoms with Gasteiger partial charge in [0.1, 0.15) is 0 Å². The van der Waals surface area contributed by atoms with Crippen molar-refractivity contribution in [2.24, 2.45) is 17.8 Å². The Labute approximate surface area is 109 Å². The molecule has 1 aliphatic heterocycles. The fourth-order valence-electron chi connectivity index (χ4n) is 3.25. The van der Waals surface area contributed by atoms with Crippen LogP contribution < -0.4 is 0 Å². The van der Waals surface area contributed by atoms with E-state index in [0.717, 1.165) is 6.42 Å². The molecule has 0 aromatic heterocycles. The quantitative estimate of drug-likeness (QED) is 0.662. The number of alkyl halides is 2. The minimum atomic E-state index is -2.86. The second-order valence-electron chi connectivity index (χ2n) is 5.76. The van der Waals surface area contributed by atoms with E-state index in [-0.39, 0.29) is 13.0 Å². The Kier molecular flexibility index (Phi) is 4.77. The molecular weight excluding hydrogens is 234 g/mol. The molecule has 1 saturated carbocycles. The molecule has 1 aliphatic carbocycles. The molecule has 104 valence electrons. The molecule has 1 atom stereocenters. The normalized spacial score (nSPS) is 36.9. The molecule has 0 aromatic carbocycles. The van der Waals surface area contributed by atoms with Crippen LogP contribution >= 0.6 is 0 Å². The van der Waals surface area contributed by atoms with Gasteiger partial charge in [-0.2, -0.15) is 8.78 Å². The van der Waals surface area contributed by atoms with Crippen LogP contribution in [0, 0.1) is 17.8 Å². The summed E-state index contributed by atoms with van der Waals surface area (Å²) in [5.74, 6) is 1.68. The van der Waals surface area contributed by atoms with E-state index in [2.05, 4.69) is 23.8 Å². The molecule has 0 aromatic rings. The SMILES string of the molecule is CC/C=C/C1CCC(C2CCC(F)(F)OC2)CC1. The molecule has 1 unspecified atom stereocenters. The Hall–Kier alpha value is -0.440. The van der Waals surface area contributed by atoms with Crippen molar-refractivity contribution >= 4 is 0 Å². The van der Waals surface area contributed by atoms with E-state index in [4.69, 9.17) is 0 Å². The largest absolute Gasteiger partial charge is 0.355 e. The van der Waals surface area contributed by atoms with E-state index in [1.165, 1.54) is 25.7 Å². The van der Waals surface area contributed by atoms with Crippen LogP contribution in [0.5, 0.6) is 0 Å². The summed E-state index contributed by atoms with van der Waals surface area (Å²) >= 11 is 0. The van der Waals surface area contributed by atoms with Crippen molar-refractivity contribution < 1.29 is 13.5 Å². The third-order valence-corrected chi connectivity index (χ3v) is 4.44. The molecule has 18 heavy (non-hydrogen) atoms. The second kappa shape index (κ2) is 6.14. The highest BCUT2D eigenvalue weighted by Crippen LogP contribution is 2.40. The van der Waals surface area contributed by atoms with Crippen molar-refractivity contribution in [2.45, 2.75) is 58.0 Å². The zero-order valence-electron chi connectivity index (χ0n) is 11.2. The first-order valence-corrected chi connectivity index (χ1v) is 7.29. The minimum Gasteiger partial charge on any atom is -0.320 e. The average Bonchev–Trinajstić information content (AvgIpc) is 2.37. The first-order valence-electron chi connectivity index (χ1n) is 7.29. The monoisotopic (exact) mass is 258 g/mol. The first-order chi connectivity index (χ1) is 8.61. The molecule has 1 saturated heterocycles. The van der Waals surface area contributed by atoms with Gasteiger partial charge >= 0.3 is 6.11 Å². The Morgan fingerprint density at radius 1 is 1.11 bits per heavy atom. The molecule has 0 spiro atoms. The van der Waals surface area contributed by atoms with Gasteiger partial charge in [0.2, 0.25) is 0 Å². The standard InChI is InChI=1S/C15H24F2O/c1-2-3-4-12-5-7-13(8-6-12)14-9-10-15(16,17)18-11-14/h3-4,12-14H,2,5-11H2,1H3/b4-3+. The van der Waals surface area contributed by atoms with Gasteiger partial charge in [-0.15, -0.1) is 0 Å². The lowest BCUT2D eigenvalue weighted by Crippen LogP contribution is -2.35. The van der Waals surface area contributed by atoms with Crippen LogP contribution in [0.3, 0.4) is 0 Å². The molecule has 0 radical (unpaired) electrons. The summed E-state index contributed by atoms with van der Waals surface area (Å²) in [7, 11) is 0. The third kappa shape index (κ3) is 3.78. The zero-order chi connectivity index (χ0) is 13.0. The van der Waals surface area contributed by atoms with Gasteiger partial charge in [-0.05, 0) is 56.3 Å². The van der Waals surface area contributed by atoms with Crippen molar-refractivity contribution in [3.63, 3.8) is 0 Å². The summed E-state index contributed by atoms with van der Waals surface area (Å²) in [5.41, 5.74) is 0. The van der Waals surface area contributed by atoms with Gasteiger partial charge < -0.3 is 4.74 Å².